The first kappa shape index (κ1) is 13.8. The lowest BCUT2D eigenvalue weighted by atomic mass is 10.0. The van der Waals surface area contributed by atoms with Crippen molar-refractivity contribution in [3.8, 4) is 0 Å². The Hall–Kier alpha value is -2.13. The standard InChI is InChI=1S/C18H14BrNO/c1-12-9-14(19)11-15(10-12)20-18(21)17-8-4-6-13-5-2-3-7-16(13)17/h2-11H,1H3,(H,20,21). The second kappa shape index (κ2) is 5.70. The van der Waals surface area contributed by atoms with E-state index in [1.54, 1.807) is 0 Å². The fraction of sp³-hybridized carbons (Fsp3) is 0.0556. The molecule has 1 N–H and O–H groups in total. The van der Waals surface area contributed by atoms with Gasteiger partial charge in [-0.3, -0.25) is 4.79 Å². The normalized spacial score (nSPS) is 10.6. The lowest BCUT2D eigenvalue weighted by Gasteiger charge is -2.09. The Balaban J connectivity index is 1.97. The topological polar surface area (TPSA) is 29.1 Å². The Morgan fingerprint density at radius 1 is 1.00 bits per heavy atom. The minimum Gasteiger partial charge on any atom is -0.322 e. The van der Waals surface area contributed by atoms with Gasteiger partial charge in [-0.1, -0.05) is 52.3 Å². The maximum Gasteiger partial charge on any atom is 0.256 e. The van der Waals surface area contributed by atoms with Crippen molar-refractivity contribution >= 4 is 38.3 Å². The van der Waals surface area contributed by atoms with Gasteiger partial charge >= 0.3 is 0 Å². The number of hydrogen-bond donors (Lipinski definition) is 1. The highest BCUT2D eigenvalue weighted by molar-refractivity contribution is 9.10. The van der Waals surface area contributed by atoms with Crippen LogP contribution in [0.15, 0.2) is 65.1 Å². The van der Waals surface area contributed by atoms with Crippen LogP contribution in [-0.4, -0.2) is 5.91 Å². The minimum absolute atomic E-state index is 0.0932. The van der Waals surface area contributed by atoms with E-state index in [0.717, 1.165) is 26.5 Å². The zero-order chi connectivity index (χ0) is 14.8. The van der Waals surface area contributed by atoms with E-state index in [1.165, 1.54) is 0 Å². The third-order valence-electron chi connectivity index (χ3n) is 3.33. The number of anilines is 1. The van der Waals surface area contributed by atoms with E-state index < -0.39 is 0 Å². The van der Waals surface area contributed by atoms with Gasteiger partial charge < -0.3 is 5.32 Å². The predicted molar refractivity (Wildman–Crippen MR) is 90.8 cm³/mol. The average Bonchev–Trinajstić information content (AvgIpc) is 2.45. The lowest BCUT2D eigenvalue weighted by molar-refractivity contribution is 0.102. The molecular weight excluding hydrogens is 326 g/mol. The number of amides is 1. The van der Waals surface area contributed by atoms with Gasteiger partial charge in [0, 0.05) is 15.7 Å². The molecular formula is C18H14BrNO. The van der Waals surface area contributed by atoms with E-state index in [4.69, 9.17) is 0 Å². The highest BCUT2D eigenvalue weighted by Gasteiger charge is 2.10. The largest absolute Gasteiger partial charge is 0.322 e. The second-order valence-corrected chi connectivity index (χ2v) is 5.91. The van der Waals surface area contributed by atoms with Crippen LogP contribution in [0, 0.1) is 6.92 Å². The molecule has 0 saturated carbocycles. The number of benzene rings is 3. The van der Waals surface area contributed by atoms with Crippen molar-refractivity contribution in [3.05, 3.63) is 76.3 Å². The number of halogens is 1. The number of rotatable bonds is 2. The molecule has 0 fully saturated rings. The molecule has 3 rings (SSSR count). The third-order valence-corrected chi connectivity index (χ3v) is 3.79. The van der Waals surface area contributed by atoms with Gasteiger partial charge in [-0.2, -0.15) is 0 Å². The molecule has 21 heavy (non-hydrogen) atoms. The van der Waals surface area contributed by atoms with Crippen LogP contribution in [0.3, 0.4) is 0 Å². The zero-order valence-electron chi connectivity index (χ0n) is 11.6. The molecule has 0 saturated heterocycles. The van der Waals surface area contributed by atoms with Gasteiger partial charge in [-0.05, 0) is 47.5 Å². The third kappa shape index (κ3) is 2.98. The first-order valence-corrected chi connectivity index (χ1v) is 7.49. The Labute approximate surface area is 131 Å². The van der Waals surface area contributed by atoms with Crippen LogP contribution >= 0.6 is 15.9 Å². The number of carbonyl (C=O) groups is 1. The maximum atomic E-state index is 12.5. The van der Waals surface area contributed by atoms with Crippen molar-refractivity contribution in [2.75, 3.05) is 5.32 Å². The van der Waals surface area contributed by atoms with Crippen LogP contribution in [0.4, 0.5) is 5.69 Å². The van der Waals surface area contributed by atoms with Crippen molar-refractivity contribution in [2.24, 2.45) is 0 Å². The number of carbonyl (C=O) groups excluding carboxylic acids is 1. The molecule has 3 aromatic rings. The number of aryl methyl sites for hydroxylation is 1. The van der Waals surface area contributed by atoms with E-state index in [2.05, 4.69) is 21.2 Å². The van der Waals surface area contributed by atoms with Crippen molar-refractivity contribution in [3.63, 3.8) is 0 Å². The van der Waals surface area contributed by atoms with Gasteiger partial charge in [-0.15, -0.1) is 0 Å². The average molecular weight is 340 g/mol. The summed E-state index contributed by atoms with van der Waals surface area (Å²) >= 11 is 3.45. The molecule has 0 aliphatic carbocycles. The van der Waals surface area contributed by atoms with E-state index >= 15 is 0 Å². The first-order chi connectivity index (χ1) is 10.1. The molecule has 0 atom stereocenters. The van der Waals surface area contributed by atoms with Crippen LogP contribution in [-0.2, 0) is 0 Å². The van der Waals surface area contributed by atoms with Gasteiger partial charge in [0.25, 0.3) is 5.91 Å². The smallest absolute Gasteiger partial charge is 0.256 e. The van der Waals surface area contributed by atoms with Crippen LogP contribution in [0.25, 0.3) is 10.8 Å². The van der Waals surface area contributed by atoms with Gasteiger partial charge in [0.1, 0.15) is 0 Å². The fourth-order valence-electron chi connectivity index (χ4n) is 2.43. The fourth-order valence-corrected chi connectivity index (χ4v) is 3.04. The molecule has 0 bridgehead atoms. The summed E-state index contributed by atoms with van der Waals surface area (Å²) < 4.78 is 0.954. The lowest BCUT2D eigenvalue weighted by Crippen LogP contribution is -2.12. The molecule has 0 aliphatic rings. The van der Waals surface area contributed by atoms with Crippen LogP contribution in [0.1, 0.15) is 15.9 Å². The first-order valence-electron chi connectivity index (χ1n) is 6.70. The molecule has 0 unspecified atom stereocenters. The second-order valence-electron chi connectivity index (χ2n) is 5.00. The molecule has 0 aliphatic heterocycles. The molecule has 3 heteroatoms. The number of fused-ring (bicyclic) bond motifs is 1. The predicted octanol–water partition coefficient (Wildman–Crippen LogP) is 5.16. The zero-order valence-corrected chi connectivity index (χ0v) is 13.1. The van der Waals surface area contributed by atoms with Crippen LogP contribution in [0.2, 0.25) is 0 Å². The summed E-state index contributed by atoms with van der Waals surface area (Å²) in [4.78, 5) is 12.5. The molecule has 3 aromatic carbocycles. The van der Waals surface area contributed by atoms with Crippen molar-refractivity contribution in [2.45, 2.75) is 6.92 Å². The summed E-state index contributed by atoms with van der Waals surface area (Å²) in [6.07, 6.45) is 0. The molecule has 0 spiro atoms. The molecule has 104 valence electrons. The summed E-state index contributed by atoms with van der Waals surface area (Å²) in [5, 5.41) is 4.99. The van der Waals surface area contributed by atoms with Gasteiger partial charge in [-0.25, -0.2) is 0 Å². The Bertz CT molecular complexity index is 801. The van der Waals surface area contributed by atoms with E-state index in [-0.39, 0.29) is 5.91 Å². The highest BCUT2D eigenvalue weighted by Crippen LogP contribution is 2.22. The maximum absolute atomic E-state index is 12.5. The highest BCUT2D eigenvalue weighted by atomic mass is 79.9. The summed E-state index contributed by atoms with van der Waals surface area (Å²) in [7, 11) is 0. The molecule has 0 heterocycles. The van der Waals surface area contributed by atoms with Crippen LogP contribution < -0.4 is 5.32 Å². The van der Waals surface area contributed by atoms with E-state index in [9.17, 15) is 4.79 Å². The van der Waals surface area contributed by atoms with E-state index in [0.29, 0.717) is 5.56 Å². The van der Waals surface area contributed by atoms with E-state index in [1.807, 2.05) is 67.6 Å². The van der Waals surface area contributed by atoms with Crippen LogP contribution in [0.5, 0.6) is 0 Å². The SMILES string of the molecule is Cc1cc(Br)cc(NC(=O)c2cccc3ccccc23)c1. The Morgan fingerprint density at radius 3 is 2.57 bits per heavy atom. The number of hydrogen-bond acceptors (Lipinski definition) is 1. The van der Waals surface area contributed by atoms with Crippen molar-refractivity contribution in [1.82, 2.24) is 0 Å². The quantitative estimate of drug-likeness (QED) is 0.686. The number of nitrogens with one attached hydrogen (secondary N) is 1. The molecule has 2 nitrogen and oxygen atoms in total. The summed E-state index contributed by atoms with van der Waals surface area (Å²) in [5.74, 6) is -0.0932. The van der Waals surface area contributed by atoms with Crippen molar-refractivity contribution < 1.29 is 4.79 Å². The Kier molecular flexibility index (Phi) is 3.76. The van der Waals surface area contributed by atoms with Gasteiger partial charge in [0.05, 0.1) is 0 Å². The van der Waals surface area contributed by atoms with Gasteiger partial charge in [0.15, 0.2) is 0 Å². The summed E-state index contributed by atoms with van der Waals surface area (Å²) in [5.41, 5.74) is 2.57. The van der Waals surface area contributed by atoms with Crippen molar-refractivity contribution in [1.29, 1.82) is 0 Å². The molecule has 1 amide bonds. The summed E-state index contributed by atoms with van der Waals surface area (Å²) in [6, 6.07) is 19.5. The minimum atomic E-state index is -0.0932. The summed E-state index contributed by atoms with van der Waals surface area (Å²) in [6.45, 7) is 2.00. The Morgan fingerprint density at radius 2 is 1.76 bits per heavy atom. The molecule has 0 radical (unpaired) electrons. The monoisotopic (exact) mass is 339 g/mol. The molecule has 0 aromatic heterocycles. The van der Waals surface area contributed by atoms with Gasteiger partial charge in [0.2, 0.25) is 0 Å².